The van der Waals surface area contributed by atoms with Crippen molar-refractivity contribution in [3.63, 3.8) is 0 Å². The van der Waals surface area contributed by atoms with Gasteiger partial charge in [-0.25, -0.2) is 0 Å². The van der Waals surface area contributed by atoms with Gasteiger partial charge in [0.1, 0.15) is 18.5 Å². The second-order valence-corrected chi connectivity index (χ2v) is 13.0. The third kappa shape index (κ3) is 18.4. The summed E-state index contributed by atoms with van der Waals surface area (Å²) in [6.45, 7) is 17.0. The zero-order valence-electron chi connectivity index (χ0n) is 29.7. The fraction of sp³-hybridized carbons (Fsp3) is 0.730. The SMILES string of the molecule is C1CCC(NC2CCCCC2)CC1.C=C(C)CNCC.CC(C)NCC(O)COc1cccc2[nH]ccc12.CNCC1OCCO1. The predicted octanol–water partition coefficient (Wildman–Crippen LogP) is 5.90. The van der Waals surface area contributed by atoms with Gasteiger partial charge in [-0.3, -0.25) is 0 Å². The fourth-order valence-corrected chi connectivity index (χ4v) is 5.70. The number of rotatable bonds is 13. The Balaban J connectivity index is 0.000000230. The molecule has 1 aromatic heterocycles. The highest BCUT2D eigenvalue weighted by Gasteiger charge is 2.19. The lowest BCUT2D eigenvalue weighted by Gasteiger charge is -2.30. The van der Waals surface area contributed by atoms with Crippen molar-refractivity contribution in [3.05, 3.63) is 42.6 Å². The standard InChI is InChI=1S/C14H20N2O2.C12H23N.C6H13N.C5H11NO2/c1-10(2)16-8-11(17)9-18-14-5-3-4-13-12(14)6-7-15-13;1-3-7-11(8-4-1)13-12-9-5-2-6-10-12;1-4-7-5-6(2)3;1-6-4-5-7-2-3-8-5/h3-7,10-11,15-17H,8-9H2,1-2H3;11-13H,1-10H2;7H,2,4-5H2,1,3H3;5-6H,2-4H2,1H3. The highest BCUT2D eigenvalue weighted by molar-refractivity contribution is 5.85. The minimum atomic E-state index is -0.499. The summed E-state index contributed by atoms with van der Waals surface area (Å²) in [5.41, 5.74) is 2.24. The summed E-state index contributed by atoms with van der Waals surface area (Å²) in [6.07, 6.45) is 15.9. The van der Waals surface area contributed by atoms with Gasteiger partial charge < -0.3 is 45.6 Å². The van der Waals surface area contributed by atoms with E-state index in [4.69, 9.17) is 14.2 Å². The van der Waals surface area contributed by atoms with E-state index in [1.165, 1.54) is 69.8 Å². The number of aliphatic hydroxyl groups excluding tert-OH is 1. The van der Waals surface area contributed by atoms with E-state index in [-0.39, 0.29) is 6.29 Å². The topological polar surface area (TPSA) is 112 Å². The van der Waals surface area contributed by atoms with Crippen molar-refractivity contribution >= 4 is 10.9 Å². The zero-order valence-corrected chi connectivity index (χ0v) is 29.7. The second-order valence-electron chi connectivity index (χ2n) is 13.0. The molecule has 6 N–H and O–H groups in total. The van der Waals surface area contributed by atoms with Crippen molar-refractivity contribution < 1.29 is 19.3 Å². The molecular weight excluding hydrogens is 578 g/mol. The van der Waals surface area contributed by atoms with E-state index >= 15 is 0 Å². The summed E-state index contributed by atoms with van der Waals surface area (Å²) < 4.78 is 15.9. The lowest BCUT2D eigenvalue weighted by molar-refractivity contribution is -0.0378. The number of fused-ring (bicyclic) bond motifs is 1. The Kier molecular flexibility index (Phi) is 21.9. The molecule has 0 bridgehead atoms. The van der Waals surface area contributed by atoms with E-state index in [2.05, 4.69) is 39.8 Å². The quantitative estimate of drug-likeness (QED) is 0.150. The maximum absolute atomic E-state index is 9.79. The molecule has 3 fully saturated rings. The van der Waals surface area contributed by atoms with Gasteiger partial charge in [0.15, 0.2) is 6.29 Å². The summed E-state index contributed by atoms with van der Waals surface area (Å²) in [7, 11) is 1.88. The van der Waals surface area contributed by atoms with Crippen LogP contribution in [-0.4, -0.2) is 93.7 Å². The van der Waals surface area contributed by atoms with Gasteiger partial charge in [0.2, 0.25) is 0 Å². The molecule has 46 heavy (non-hydrogen) atoms. The van der Waals surface area contributed by atoms with Crippen LogP contribution >= 0.6 is 0 Å². The number of aliphatic hydroxyl groups is 1. The minimum absolute atomic E-state index is 0.000000000000000222. The number of aromatic nitrogens is 1. The second kappa shape index (κ2) is 25.1. The molecule has 1 saturated heterocycles. The first kappa shape index (κ1) is 40.2. The molecule has 1 unspecified atom stereocenters. The van der Waals surface area contributed by atoms with Crippen LogP contribution in [0.3, 0.4) is 0 Å². The van der Waals surface area contributed by atoms with E-state index in [0.717, 1.165) is 61.6 Å². The van der Waals surface area contributed by atoms with Crippen molar-refractivity contribution in [2.75, 3.05) is 53.0 Å². The first-order valence-electron chi connectivity index (χ1n) is 17.9. The number of likely N-dealkylation sites (N-methyl/N-ethyl adjacent to an activating group) is 2. The van der Waals surface area contributed by atoms with Crippen LogP contribution in [0.1, 0.15) is 91.9 Å². The maximum Gasteiger partial charge on any atom is 0.170 e. The Hall–Kier alpha value is -1.98. The van der Waals surface area contributed by atoms with Crippen LogP contribution < -0.4 is 26.0 Å². The molecule has 0 amide bonds. The number of benzene rings is 1. The first-order chi connectivity index (χ1) is 22.3. The summed E-state index contributed by atoms with van der Waals surface area (Å²) >= 11 is 0. The van der Waals surface area contributed by atoms with E-state index in [1.54, 1.807) is 0 Å². The molecular formula is C37H67N5O4. The smallest absolute Gasteiger partial charge is 0.170 e. The van der Waals surface area contributed by atoms with Crippen LogP contribution in [-0.2, 0) is 9.47 Å². The number of aromatic amines is 1. The van der Waals surface area contributed by atoms with Crippen LogP contribution in [0.25, 0.3) is 10.9 Å². The van der Waals surface area contributed by atoms with E-state index < -0.39 is 6.10 Å². The van der Waals surface area contributed by atoms with Gasteiger partial charge in [-0.05, 0) is 64.4 Å². The van der Waals surface area contributed by atoms with Crippen LogP contribution in [0, 0.1) is 0 Å². The van der Waals surface area contributed by atoms with Crippen LogP contribution in [0.5, 0.6) is 5.75 Å². The molecule has 5 rings (SSSR count). The number of hydrogen-bond acceptors (Lipinski definition) is 8. The predicted molar refractivity (Wildman–Crippen MR) is 193 cm³/mol. The average molecular weight is 646 g/mol. The summed E-state index contributed by atoms with van der Waals surface area (Å²) in [4.78, 5) is 3.13. The molecule has 2 saturated carbocycles. The number of hydrogen-bond donors (Lipinski definition) is 6. The lowest BCUT2D eigenvalue weighted by atomic mass is 9.91. The number of H-pyrrole nitrogens is 1. The molecule has 1 atom stereocenters. The highest BCUT2D eigenvalue weighted by atomic mass is 16.7. The van der Waals surface area contributed by atoms with E-state index in [9.17, 15) is 5.11 Å². The third-order valence-electron chi connectivity index (χ3n) is 8.17. The Morgan fingerprint density at radius 1 is 1.00 bits per heavy atom. The maximum atomic E-state index is 9.79. The average Bonchev–Trinajstić information content (AvgIpc) is 3.77. The van der Waals surface area contributed by atoms with Gasteiger partial charge in [-0.15, -0.1) is 0 Å². The summed E-state index contributed by atoms with van der Waals surface area (Å²) in [6, 6.07) is 9.94. The molecule has 1 aliphatic heterocycles. The van der Waals surface area contributed by atoms with Crippen molar-refractivity contribution in [1.82, 2.24) is 26.3 Å². The number of ether oxygens (including phenoxy) is 3. The molecule has 9 nitrogen and oxygen atoms in total. The molecule has 264 valence electrons. The van der Waals surface area contributed by atoms with Crippen LogP contribution in [0.2, 0.25) is 0 Å². The largest absolute Gasteiger partial charge is 0.490 e. The lowest BCUT2D eigenvalue weighted by Crippen LogP contribution is -2.40. The highest BCUT2D eigenvalue weighted by Crippen LogP contribution is 2.25. The zero-order chi connectivity index (χ0) is 33.4. The third-order valence-corrected chi connectivity index (χ3v) is 8.17. The Morgan fingerprint density at radius 2 is 1.63 bits per heavy atom. The van der Waals surface area contributed by atoms with Gasteiger partial charge >= 0.3 is 0 Å². The van der Waals surface area contributed by atoms with Crippen molar-refractivity contribution in [2.24, 2.45) is 0 Å². The van der Waals surface area contributed by atoms with Crippen LogP contribution in [0.15, 0.2) is 42.6 Å². The van der Waals surface area contributed by atoms with E-state index in [0.29, 0.717) is 19.2 Å². The van der Waals surface area contributed by atoms with Gasteiger partial charge in [0.05, 0.1) is 13.2 Å². The van der Waals surface area contributed by atoms with Gasteiger partial charge in [-0.1, -0.05) is 77.5 Å². The van der Waals surface area contributed by atoms with Gasteiger partial charge in [0, 0.05) is 54.9 Å². The molecule has 2 heterocycles. The van der Waals surface area contributed by atoms with Crippen molar-refractivity contribution in [3.8, 4) is 5.75 Å². The Morgan fingerprint density at radius 3 is 2.15 bits per heavy atom. The monoisotopic (exact) mass is 646 g/mol. The molecule has 2 aliphatic carbocycles. The molecule has 3 aliphatic rings. The van der Waals surface area contributed by atoms with Crippen molar-refractivity contribution in [2.45, 2.75) is 122 Å². The molecule has 0 radical (unpaired) electrons. The van der Waals surface area contributed by atoms with E-state index in [1.807, 2.05) is 58.3 Å². The first-order valence-corrected chi connectivity index (χ1v) is 17.9. The Labute approximate surface area is 280 Å². The fourth-order valence-electron chi connectivity index (χ4n) is 5.70. The molecule has 2 aromatic rings. The summed E-state index contributed by atoms with van der Waals surface area (Å²) in [5.74, 6) is 0.803. The van der Waals surface area contributed by atoms with Crippen molar-refractivity contribution in [1.29, 1.82) is 0 Å². The van der Waals surface area contributed by atoms with Gasteiger partial charge in [0.25, 0.3) is 0 Å². The summed E-state index contributed by atoms with van der Waals surface area (Å²) in [5, 5.41) is 24.0. The molecule has 1 aromatic carbocycles. The number of nitrogens with one attached hydrogen (secondary N) is 5. The molecule has 0 spiro atoms. The Bertz CT molecular complexity index is 998. The minimum Gasteiger partial charge on any atom is -0.490 e. The van der Waals surface area contributed by atoms with Gasteiger partial charge in [-0.2, -0.15) is 0 Å². The molecule has 9 heteroatoms. The van der Waals surface area contributed by atoms with Crippen LogP contribution in [0.4, 0.5) is 0 Å². The normalized spacial score (nSPS) is 18.2.